The van der Waals surface area contributed by atoms with Crippen molar-refractivity contribution in [2.75, 3.05) is 5.43 Å². The third-order valence-corrected chi connectivity index (χ3v) is 4.13. The zero-order chi connectivity index (χ0) is 13.9. The molecule has 0 aliphatic carbocycles. The molecule has 19 heavy (non-hydrogen) atoms. The van der Waals surface area contributed by atoms with Crippen LogP contribution in [0.5, 0.6) is 0 Å². The summed E-state index contributed by atoms with van der Waals surface area (Å²) in [5.41, 5.74) is 5.01. The maximum absolute atomic E-state index is 12.2. The Bertz CT molecular complexity index is 667. The summed E-state index contributed by atoms with van der Waals surface area (Å²) in [5, 5.41) is 0. The first-order valence-corrected chi connectivity index (χ1v) is 7.37. The number of para-hydroxylation sites is 1. The van der Waals surface area contributed by atoms with E-state index in [2.05, 4.69) is 10.3 Å². The Balaban J connectivity index is 2.21. The molecule has 0 saturated heterocycles. The van der Waals surface area contributed by atoms with Gasteiger partial charge in [-0.1, -0.05) is 30.3 Å². The molecule has 2 aromatic carbocycles. The van der Waals surface area contributed by atoms with Crippen molar-refractivity contribution in [2.45, 2.75) is 18.7 Å². The van der Waals surface area contributed by atoms with Crippen molar-refractivity contribution in [1.82, 2.24) is 4.83 Å². The van der Waals surface area contributed by atoms with Crippen LogP contribution in [0.1, 0.15) is 11.1 Å². The number of sulfonamides is 1. The fraction of sp³-hybridized carbons (Fsp3) is 0.143. The van der Waals surface area contributed by atoms with Crippen LogP contribution < -0.4 is 10.3 Å². The van der Waals surface area contributed by atoms with E-state index in [1.54, 1.807) is 31.2 Å². The molecule has 0 heterocycles. The minimum Gasteiger partial charge on any atom is -0.308 e. The largest absolute Gasteiger partial charge is 0.308 e. The minimum absolute atomic E-state index is 0.288. The number of hydrogen-bond donors (Lipinski definition) is 2. The quantitative estimate of drug-likeness (QED) is 0.844. The molecule has 0 radical (unpaired) electrons. The third-order valence-electron chi connectivity index (χ3n) is 2.74. The van der Waals surface area contributed by atoms with Gasteiger partial charge in [-0.25, -0.2) is 8.42 Å². The predicted octanol–water partition coefficient (Wildman–Crippen LogP) is 2.61. The molecule has 0 fully saturated rings. The summed E-state index contributed by atoms with van der Waals surface area (Å²) in [4.78, 5) is 2.67. The van der Waals surface area contributed by atoms with E-state index in [-0.39, 0.29) is 4.90 Å². The van der Waals surface area contributed by atoms with Crippen molar-refractivity contribution in [1.29, 1.82) is 0 Å². The first-order chi connectivity index (χ1) is 8.99. The van der Waals surface area contributed by atoms with Crippen LogP contribution in [0.15, 0.2) is 53.4 Å². The van der Waals surface area contributed by atoms with E-state index in [1.165, 1.54) is 0 Å². The fourth-order valence-electron chi connectivity index (χ4n) is 1.70. The average Bonchev–Trinajstić information content (AvgIpc) is 2.40. The summed E-state index contributed by atoms with van der Waals surface area (Å²) < 4.78 is 24.4. The Morgan fingerprint density at radius 1 is 0.947 bits per heavy atom. The average molecular weight is 276 g/mol. The molecule has 0 unspecified atom stereocenters. The van der Waals surface area contributed by atoms with Crippen LogP contribution >= 0.6 is 0 Å². The number of hydrazine groups is 1. The highest BCUT2D eigenvalue weighted by atomic mass is 32.2. The smallest absolute Gasteiger partial charge is 0.257 e. The standard InChI is InChI=1S/C14H16N2O2S/c1-11-8-9-12(2)14(10-11)19(17,18)16-15-13-6-4-3-5-7-13/h3-10,15-16H,1-2H3. The van der Waals surface area contributed by atoms with Crippen LogP contribution in [-0.4, -0.2) is 8.42 Å². The highest BCUT2D eigenvalue weighted by Gasteiger charge is 2.16. The van der Waals surface area contributed by atoms with Crippen LogP contribution in [0.25, 0.3) is 0 Å². The molecule has 0 atom stereocenters. The van der Waals surface area contributed by atoms with Crippen molar-refractivity contribution in [3.05, 3.63) is 59.7 Å². The minimum atomic E-state index is -3.57. The molecule has 0 saturated carbocycles. The van der Waals surface area contributed by atoms with Crippen LogP contribution in [0.4, 0.5) is 5.69 Å². The SMILES string of the molecule is Cc1ccc(C)c(S(=O)(=O)NNc2ccccc2)c1. The Hall–Kier alpha value is -1.85. The molecule has 0 aliphatic rings. The maximum Gasteiger partial charge on any atom is 0.257 e. The molecule has 100 valence electrons. The normalized spacial score (nSPS) is 11.3. The number of hydrogen-bond acceptors (Lipinski definition) is 3. The maximum atomic E-state index is 12.2. The van der Waals surface area contributed by atoms with Gasteiger partial charge in [0.05, 0.1) is 4.90 Å². The van der Waals surface area contributed by atoms with E-state index < -0.39 is 10.0 Å². The van der Waals surface area contributed by atoms with Gasteiger partial charge in [-0.15, -0.1) is 4.83 Å². The second-order valence-corrected chi connectivity index (χ2v) is 6.02. The predicted molar refractivity (Wildman–Crippen MR) is 76.3 cm³/mol. The van der Waals surface area contributed by atoms with E-state index in [4.69, 9.17) is 0 Å². The van der Waals surface area contributed by atoms with E-state index in [0.717, 1.165) is 5.56 Å². The van der Waals surface area contributed by atoms with Crippen LogP contribution in [0, 0.1) is 13.8 Å². The molecule has 2 rings (SSSR count). The van der Waals surface area contributed by atoms with E-state index in [9.17, 15) is 8.42 Å². The third kappa shape index (κ3) is 3.33. The fourth-order valence-corrected chi connectivity index (χ4v) is 2.89. The van der Waals surface area contributed by atoms with Crippen molar-refractivity contribution >= 4 is 15.7 Å². The van der Waals surface area contributed by atoms with Gasteiger partial charge < -0.3 is 5.43 Å². The lowest BCUT2D eigenvalue weighted by Gasteiger charge is -2.11. The zero-order valence-electron chi connectivity index (χ0n) is 10.8. The molecular weight excluding hydrogens is 260 g/mol. The van der Waals surface area contributed by atoms with Crippen molar-refractivity contribution in [2.24, 2.45) is 0 Å². The molecule has 0 bridgehead atoms. The van der Waals surface area contributed by atoms with Gasteiger partial charge in [0.2, 0.25) is 0 Å². The van der Waals surface area contributed by atoms with Gasteiger partial charge in [-0.2, -0.15) is 0 Å². The van der Waals surface area contributed by atoms with Gasteiger partial charge >= 0.3 is 0 Å². The summed E-state index contributed by atoms with van der Waals surface area (Å²) in [5.74, 6) is 0. The second-order valence-electron chi connectivity index (χ2n) is 4.37. The lowest BCUT2D eigenvalue weighted by molar-refractivity contribution is 0.587. The zero-order valence-corrected chi connectivity index (χ0v) is 11.7. The summed E-state index contributed by atoms with van der Waals surface area (Å²) in [6, 6.07) is 14.4. The summed E-state index contributed by atoms with van der Waals surface area (Å²) in [6.07, 6.45) is 0. The molecule has 0 aromatic heterocycles. The Kier molecular flexibility index (Phi) is 3.87. The van der Waals surface area contributed by atoms with Gasteiger partial charge in [0.25, 0.3) is 10.0 Å². The Morgan fingerprint density at radius 2 is 1.63 bits per heavy atom. The topological polar surface area (TPSA) is 58.2 Å². The van der Waals surface area contributed by atoms with Crippen LogP contribution in [0.2, 0.25) is 0 Å². The second kappa shape index (κ2) is 5.42. The van der Waals surface area contributed by atoms with Crippen molar-refractivity contribution < 1.29 is 8.42 Å². The highest BCUT2D eigenvalue weighted by Crippen LogP contribution is 2.16. The summed E-state index contributed by atoms with van der Waals surface area (Å²) in [7, 11) is -3.57. The number of rotatable bonds is 4. The summed E-state index contributed by atoms with van der Waals surface area (Å²) in [6.45, 7) is 3.64. The van der Waals surface area contributed by atoms with Gasteiger partial charge in [-0.3, -0.25) is 0 Å². The number of anilines is 1. The van der Waals surface area contributed by atoms with Gasteiger partial charge in [-0.05, 0) is 43.2 Å². The number of aryl methyl sites for hydroxylation is 2. The monoisotopic (exact) mass is 276 g/mol. The van der Waals surface area contributed by atoms with Crippen LogP contribution in [-0.2, 0) is 10.0 Å². The molecular formula is C14H16N2O2S. The molecule has 0 aliphatic heterocycles. The van der Waals surface area contributed by atoms with Crippen molar-refractivity contribution in [3.8, 4) is 0 Å². The highest BCUT2D eigenvalue weighted by molar-refractivity contribution is 7.89. The molecule has 2 aromatic rings. The number of nitrogens with one attached hydrogen (secondary N) is 2. The first-order valence-electron chi connectivity index (χ1n) is 5.89. The molecule has 0 amide bonds. The Morgan fingerprint density at radius 3 is 2.32 bits per heavy atom. The lowest BCUT2D eigenvalue weighted by Crippen LogP contribution is -2.30. The summed E-state index contributed by atoms with van der Waals surface area (Å²) >= 11 is 0. The lowest BCUT2D eigenvalue weighted by atomic mass is 10.2. The molecule has 2 N–H and O–H groups in total. The van der Waals surface area contributed by atoms with Crippen molar-refractivity contribution in [3.63, 3.8) is 0 Å². The number of benzene rings is 2. The van der Waals surface area contributed by atoms with Crippen LogP contribution in [0.3, 0.4) is 0 Å². The van der Waals surface area contributed by atoms with E-state index in [0.29, 0.717) is 11.3 Å². The molecule has 4 nitrogen and oxygen atoms in total. The molecule has 5 heteroatoms. The Labute approximate surface area is 113 Å². The van der Waals surface area contributed by atoms with Gasteiger partial charge in [0.1, 0.15) is 0 Å². The first kappa shape index (κ1) is 13.6. The van der Waals surface area contributed by atoms with Gasteiger partial charge in [0, 0.05) is 5.69 Å². The van der Waals surface area contributed by atoms with Gasteiger partial charge in [0.15, 0.2) is 0 Å². The molecule has 0 spiro atoms. The van der Waals surface area contributed by atoms with E-state index >= 15 is 0 Å². The van der Waals surface area contributed by atoms with E-state index in [1.807, 2.05) is 31.2 Å².